The predicted molar refractivity (Wildman–Crippen MR) is 142 cm³/mol. The van der Waals surface area contributed by atoms with Gasteiger partial charge in [-0.05, 0) is 55.0 Å². The monoisotopic (exact) mass is 495 g/mol. The molecule has 0 aliphatic carbocycles. The lowest BCUT2D eigenvalue weighted by atomic mass is 10.1. The number of H-pyrrole nitrogens is 1. The zero-order valence-corrected chi connectivity index (χ0v) is 21.0. The van der Waals surface area contributed by atoms with Gasteiger partial charge in [-0.15, -0.1) is 0 Å². The van der Waals surface area contributed by atoms with E-state index in [0.717, 1.165) is 66.6 Å². The Morgan fingerprint density at radius 2 is 1.86 bits per heavy atom. The third kappa shape index (κ3) is 5.03. The van der Waals surface area contributed by atoms with Gasteiger partial charge in [0.05, 0.1) is 23.8 Å². The highest BCUT2D eigenvalue weighted by atomic mass is 16.5. The summed E-state index contributed by atoms with van der Waals surface area (Å²) in [6.45, 7) is 6.67. The molecule has 0 bridgehead atoms. The Morgan fingerprint density at radius 1 is 1.00 bits per heavy atom. The van der Waals surface area contributed by atoms with E-state index in [-0.39, 0.29) is 0 Å². The predicted octanol–water partition coefficient (Wildman–Crippen LogP) is 4.24. The number of benzene rings is 2. The second-order valence-corrected chi connectivity index (χ2v) is 9.33. The van der Waals surface area contributed by atoms with Crippen molar-refractivity contribution < 1.29 is 9.26 Å². The van der Waals surface area contributed by atoms with E-state index in [1.807, 2.05) is 43.5 Å². The Labute approximate surface area is 215 Å². The molecule has 5 aromatic rings. The zero-order chi connectivity index (χ0) is 25.2. The van der Waals surface area contributed by atoms with Crippen LogP contribution in [0.15, 0.2) is 65.3 Å². The number of hydrogen-bond donors (Lipinski definition) is 1. The van der Waals surface area contributed by atoms with Crippen LogP contribution in [-0.2, 0) is 13.0 Å². The number of anilines is 1. The number of hydrogen-bond acceptors (Lipinski definition) is 8. The van der Waals surface area contributed by atoms with E-state index < -0.39 is 0 Å². The van der Waals surface area contributed by atoms with Gasteiger partial charge in [-0.2, -0.15) is 4.98 Å². The number of piperazine rings is 1. The van der Waals surface area contributed by atoms with Crippen molar-refractivity contribution >= 4 is 16.7 Å². The molecule has 1 N–H and O–H groups in total. The van der Waals surface area contributed by atoms with Crippen LogP contribution in [0, 0.1) is 6.92 Å². The zero-order valence-electron chi connectivity index (χ0n) is 21.0. The summed E-state index contributed by atoms with van der Waals surface area (Å²) in [4.78, 5) is 22.0. The molecule has 0 atom stereocenters. The highest BCUT2D eigenvalue weighted by Crippen LogP contribution is 2.28. The van der Waals surface area contributed by atoms with E-state index in [0.29, 0.717) is 18.1 Å². The van der Waals surface area contributed by atoms with Gasteiger partial charge in [0, 0.05) is 56.6 Å². The van der Waals surface area contributed by atoms with Crippen LogP contribution in [0.1, 0.15) is 22.9 Å². The Kier molecular flexibility index (Phi) is 6.28. The molecule has 0 spiro atoms. The van der Waals surface area contributed by atoms with Crippen LogP contribution in [0.2, 0.25) is 0 Å². The topological polar surface area (TPSA) is 96.2 Å². The second kappa shape index (κ2) is 10.0. The van der Waals surface area contributed by atoms with Crippen molar-refractivity contribution in [2.45, 2.75) is 19.9 Å². The average Bonchev–Trinajstić information content (AvgIpc) is 3.54. The first-order valence-corrected chi connectivity index (χ1v) is 12.5. The number of pyridine rings is 1. The van der Waals surface area contributed by atoms with Gasteiger partial charge in [0.25, 0.3) is 5.89 Å². The van der Waals surface area contributed by atoms with Crippen molar-refractivity contribution in [1.82, 2.24) is 30.0 Å². The number of imidazole rings is 1. The van der Waals surface area contributed by atoms with Gasteiger partial charge in [-0.1, -0.05) is 17.3 Å². The van der Waals surface area contributed by atoms with Crippen molar-refractivity contribution in [1.29, 1.82) is 0 Å². The molecule has 9 heteroatoms. The fraction of sp³-hybridized carbons (Fsp3) is 0.286. The summed E-state index contributed by atoms with van der Waals surface area (Å²) < 4.78 is 10.8. The van der Waals surface area contributed by atoms with E-state index in [1.165, 1.54) is 11.3 Å². The van der Waals surface area contributed by atoms with Gasteiger partial charge in [-0.3, -0.25) is 9.88 Å². The number of fused-ring (bicyclic) bond motifs is 1. The summed E-state index contributed by atoms with van der Waals surface area (Å²) in [5, 5.41) is 3.88. The van der Waals surface area contributed by atoms with Crippen LogP contribution < -0.4 is 9.64 Å². The van der Waals surface area contributed by atoms with Crippen LogP contribution in [0.3, 0.4) is 0 Å². The third-order valence-corrected chi connectivity index (χ3v) is 6.74. The van der Waals surface area contributed by atoms with Crippen LogP contribution >= 0.6 is 0 Å². The summed E-state index contributed by atoms with van der Waals surface area (Å²) in [6.07, 6.45) is 2.54. The molecule has 188 valence electrons. The summed E-state index contributed by atoms with van der Waals surface area (Å²) in [5.74, 6) is 2.93. The Morgan fingerprint density at radius 3 is 2.68 bits per heavy atom. The van der Waals surface area contributed by atoms with E-state index >= 15 is 0 Å². The molecule has 2 aromatic carbocycles. The number of aromatic amines is 1. The van der Waals surface area contributed by atoms with Gasteiger partial charge in [0.2, 0.25) is 0 Å². The van der Waals surface area contributed by atoms with Gasteiger partial charge >= 0.3 is 0 Å². The number of rotatable bonds is 7. The smallest absolute Gasteiger partial charge is 0.257 e. The SMILES string of the molecule is COc1ccccc1N1CCN(Cc2ccnc(Cc3nc4ccc(-c5nc(C)no5)cc4[nH]3)c2)CC1. The lowest BCUT2D eigenvalue weighted by molar-refractivity contribution is 0.249. The highest BCUT2D eigenvalue weighted by Gasteiger charge is 2.20. The summed E-state index contributed by atoms with van der Waals surface area (Å²) >= 11 is 0. The maximum Gasteiger partial charge on any atom is 0.257 e. The second-order valence-electron chi connectivity index (χ2n) is 9.33. The fourth-order valence-corrected chi connectivity index (χ4v) is 4.88. The minimum absolute atomic E-state index is 0.508. The normalized spacial score (nSPS) is 14.4. The van der Waals surface area contributed by atoms with E-state index in [2.05, 4.69) is 54.2 Å². The largest absolute Gasteiger partial charge is 0.495 e. The lowest BCUT2D eigenvalue weighted by Crippen LogP contribution is -2.46. The molecule has 37 heavy (non-hydrogen) atoms. The van der Waals surface area contributed by atoms with Crippen molar-refractivity contribution in [3.8, 4) is 17.2 Å². The van der Waals surface area contributed by atoms with Gasteiger partial charge < -0.3 is 19.1 Å². The third-order valence-electron chi connectivity index (χ3n) is 6.74. The molecule has 0 saturated carbocycles. The minimum atomic E-state index is 0.508. The first-order valence-electron chi connectivity index (χ1n) is 12.5. The number of nitrogens with one attached hydrogen (secondary N) is 1. The van der Waals surface area contributed by atoms with Crippen LogP contribution in [0.4, 0.5) is 5.69 Å². The summed E-state index contributed by atoms with van der Waals surface area (Å²) in [5.41, 5.74) is 6.14. The van der Waals surface area contributed by atoms with Crippen LogP contribution in [-0.4, -0.2) is 63.3 Å². The average molecular weight is 496 g/mol. The first-order chi connectivity index (χ1) is 18.1. The van der Waals surface area contributed by atoms with Crippen LogP contribution in [0.5, 0.6) is 5.75 Å². The molecule has 9 nitrogen and oxygen atoms in total. The molecule has 1 aliphatic rings. The summed E-state index contributed by atoms with van der Waals surface area (Å²) in [7, 11) is 1.73. The Hall–Kier alpha value is -4.24. The quantitative estimate of drug-likeness (QED) is 0.358. The molecule has 0 amide bonds. The molecular weight excluding hydrogens is 466 g/mol. The van der Waals surface area contributed by atoms with Crippen molar-refractivity contribution in [3.05, 3.63) is 83.7 Å². The Balaban J connectivity index is 1.10. The highest BCUT2D eigenvalue weighted by molar-refractivity contribution is 5.80. The van der Waals surface area contributed by atoms with Crippen molar-refractivity contribution in [2.75, 3.05) is 38.2 Å². The molecule has 0 radical (unpaired) electrons. The maximum absolute atomic E-state index is 5.55. The molecule has 3 aromatic heterocycles. The van der Waals surface area contributed by atoms with Crippen LogP contribution in [0.25, 0.3) is 22.5 Å². The van der Waals surface area contributed by atoms with Gasteiger partial charge in [0.15, 0.2) is 5.82 Å². The molecular formula is C28H29N7O2. The number of aromatic nitrogens is 5. The number of ether oxygens (including phenoxy) is 1. The molecule has 0 unspecified atom stereocenters. The molecule has 1 saturated heterocycles. The molecule has 4 heterocycles. The van der Waals surface area contributed by atoms with E-state index in [1.54, 1.807) is 7.11 Å². The standard InChI is InChI=1S/C28H29N7O2/c1-19-30-28(37-33-19)21-7-8-23-24(16-21)32-27(31-23)17-22-15-20(9-10-29-22)18-34-11-13-35(14-12-34)25-5-3-4-6-26(25)36-2/h3-10,15-16H,11-14,17-18H2,1-2H3,(H,31,32). The number of aryl methyl sites for hydroxylation is 1. The van der Waals surface area contributed by atoms with E-state index in [4.69, 9.17) is 14.2 Å². The number of methoxy groups -OCH3 is 1. The minimum Gasteiger partial charge on any atom is -0.495 e. The molecule has 6 rings (SSSR count). The molecule has 1 fully saturated rings. The Bertz CT molecular complexity index is 1520. The number of nitrogens with zero attached hydrogens (tertiary/aromatic N) is 6. The lowest BCUT2D eigenvalue weighted by Gasteiger charge is -2.36. The number of para-hydroxylation sites is 2. The fourth-order valence-electron chi connectivity index (χ4n) is 4.88. The maximum atomic E-state index is 5.55. The summed E-state index contributed by atoms with van der Waals surface area (Å²) in [6, 6.07) is 18.4. The van der Waals surface area contributed by atoms with E-state index in [9.17, 15) is 0 Å². The van der Waals surface area contributed by atoms with Crippen molar-refractivity contribution in [3.63, 3.8) is 0 Å². The molecule has 1 aliphatic heterocycles. The van der Waals surface area contributed by atoms with Crippen molar-refractivity contribution in [2.24, 2.45) is 0 Å². The van der Waals surface area contributed by atoms with Gasteiger partial charge in [0.1, 0.15) is 11.6 Å². The van der Waals surface area contributed by atoms with Gasteiger partial charge in [-0.25, -0.2) is 4.98 Å². The first kappa shape index (κ1) is 23.2.